The summed E-state index contributed by atoms with van der Waals surface area (Å²) in [6.07, 6.45) is 0. The van der Waals surface area contributed by atoms with E-state index in [4.69, 9.17) is 20.6 Å². The van der Waals surface area contributed by atoms with Crippen molar-refractivity contribution < 1.29 is 14.6 Å². The summed E-state index contributed by atoms with van der Waals surface area (Å²) in [6.45, 7) is 0. The monoisotopic (exact) mass is 279 g/mol. The Kier molecular flexibility index (Phi) is 3.57. The Morgan fingerprint density at radius 2 is 2.00 bits per heavy atom. The van der Waals surface area contributed by atoms with Crippen LogP contribution in [0.25, 0.3) is 11.3 Å². The van der Waals surface area contributed by atoms with Gasteiger partial charge in [-0.15, -0.1) is 0 Å². The van der Waals surface area contributed by atoms with Crippen molar-refractivity contribution in [3.8, 4) is 27.8 Å². The maximum absolute atomic E-state index is 9.86. The molecule has 0 aliphatic heterocycles. The Bertz CT molecular complexity index is 625. The van der Waals surface area contributed by atoms with E-state index < -0.39 is 0 Å². The fourth-order valence-corrected chi connectivity index (χ4v) is 2.29. The van der Waals surface area contributed by atoms with Crippen LogP contribution in [0.5, 0.6) is 16.6 Å². The first-order chi connectivity index (χ1) is 9.06. The van der Waals surface area contributed by atoms with E-state index in [0.717, 1.165) is 11.3 Å². The minimum atomic E-state index is -0.174. The summed E-state index contributed by atoms with van der Waals surface area (Å²) in [7, 11) is 3.08. The van der Waals surface area contributed by atoms with Crippen molar-refractivity contribution in [2.75, 3.05) is 14.2 Å². The number of aromatic hydroxyl groups is 1. The molecular formula is C12H13N3O3S. The molecule has 1 heterocycles. The number of nitrogens with one attached hydrogen (secondary N) is 1. The zero-order valence-corrected chi connectivity index (χ0v) is 11.2. The van der Waals surface area contributed by atoms with Gasteiger partial charge in [0.05, 0.1) is 14.2 Å². The third-order valence-electron chi connectivity index (χ3n) is 2.50. The zero-order chi connectivity index (χ0) is 14.0. The highest BCUT2D eigenvalue weighted by atomic mass is 32.1. The summed E-state index contributed by atoms with van der Waals surface area (Å²) >= 11 is 0.964. The molecular weight excluding hydrogens is 266 g/mol. The number of nitrogen functional groups attached to an aromatic ring is 1. The number of nitrogens with zero attached hydrogens (tertiary/aromatic N) is 1. The van der Waals surface area contributed by atoms with E-state index in [0.29, 0.717) is 22.8 Å². The summed E-state index contributed by atoms with van der Waals surface area (Å²) < 4.78 is 10.3. The lowest BCUT2D eigenvalue weighted by Crippen LogP contribution is -2.10. The molecule has 100 valence electrons. The van der Waals surface area contributed by atoms with Gasteiger partial charge in [-0.25, -0.2) is 4.98 Å². The minimum absolute atomic E-state index is 0.0115. The van der Waals surface area contributed by atoms with E-state index in [9.17, 15) is 5.11 Å². The molecule has 19 heavy (non-hydrogen) atoms. The fraction of sp³-hybridized carbons (Fsp3) is 0.167. The quantitative estimate of drug-likeness (QED) is 0.585. The number of thiazole rings is 1. The summed E-state index contributed by atoms with van der Waals surface area (Å²) in [5, 5.41) is 17.5. The molecule has 1 aromatic heterocycles. The normalized spacial score (nSPS) is 10.2. The third kappa shape index (κ3) is 2.45. The molecule has 0 atom stereocenters. The second kappa shape index (κ2) is 5.15. The molecule has 0 amide bonds. The van der Waals surface area contributed by atoms with Gasteiger partial charge in [0, 0.05) is 5.56 Å². The van der Waals surface area contributed by atoms with Crippen molar-refractivity contribution in [3.05, 3.63) is 23.2 Å². The van der Waals surface area contributed by atoms with Gasteiger partial charge in [-0.05, 0) is 18.2 Å². The molecule has 7 heteroatoms. The van der Waals surface area contributed by atoms with Crippen molar-refractivity contribution in [2.45, 2.75) is 0 Å². The Balaban J connectivity index is 2.50. The van der Waals surface area contributed by atoms with Crippen molar-refractivity contribution in [1.29, 1.82) is 5.41 Å². The highest BCUT2D eigenvalue weighted by Gasteiger charge is 2.15. The number of rotatable bonds is 4. The number of ether oxygens (including phenoxy) is 2. The first-order valence-corrected chi connectivity index (χ1v) is 6.15. The van der Waals surface area contributed by atoms with E-state index in [-0.39, 0.29) is 15.9 Å². The molecule has 0 bridgehead atoms. The van der Waals surface area contributed by atoms with Crippen LogP contribution in [-0.2, 0) is 0 Å². The van der Waals surface area contributed by atoms with Crippen LogP contribution in [0.2, 0.25) is 0 Å². The molecule has 2 aromatic rings. The fourth-order valence-electron chi connectivity index (χ4n) is 1.60. The van der Waals surface area contributed by atoms with Crippen LogP contribution in [-0.4, -0.2) is 30.1 Å². The zero-order valence-electron chi connectivity index (χ0n) is 10.4. The van der Waals surface area contributed by atoms with Gasteiger partial charge >= 0.3 is 0 Å². The van der Waals surface area contributed by atoms with Crippen LogP contribution < -0.4 is 15.2 Å². The summed E-state index contributed by atoms with van der Waals surface area (Å²) in [6, 6.07) is 5.18. The topological polar surface area (TPSA) is 101 Å². The van der Waals surface area contributed by atoms with Gasteiger partial charge in [0.2, 0.25) is 0 Å². The minimum Gasteiger partial charge on any atom is -0.498 e. The molecule has 0 aliphatic rings. The number of amidine groups is 1. The maximum Gasteiger partial charge on any atom is 0.200 e. The summed E-state index contributed by atoms with van der Waals surface area (Å²) in [5.41, 5.74) is 6.39. The van der Waals surface area contributed by atoms with Crippen molar-refractivity contribution >= 4 is 17.2 Å². The number of methoxy groups -OCH3 is 2. The predicted octanol–water partition coefficient (Wildman–Crippen LogP) is 1.82. The van der Waals surface area contributed by atoms with Crippen molar-refractivity contribution in [2.24, 2.45) is 5.73 Å². The molecule has 0 saturated carbocycles. The SMILES string of the molecule is COc1ccc(-c2nc(C(=N)N)sc2O)cc1OC. The second-order valence-corrected chi connectivity index (χ2v) is 4.63. The molecule has 2 rings (SSSR count). The van der Waals surface area contributed by atoms with Crippen LogP contribution in [0.4, 0.5) is 0 Å². The number of benzene rings is 1. The molecule has 0 spiro atoms. The lowest BCUT2D eigenvalue weighted by molar-refractivity contribution is 0.355. The average molecular weight is 279 g/mol. The molecule has 0 fully saturated rings. The Morgan fingerprint density at radius 3 is 2.53 bits per heavy atom. The van der Waals surface area contributed by atoms with Gasteiger partial charge in [0.15, 0.2) is 27.4 Å². The van der Waals surface area contributed by atoms with Crippen LogP contribution in [0.3, 0.4) is 0 Å². The Morgan fingerprint density at radius 1 is 1.32 bits per heavy atom. The molecule has 1 aromatic carbocycles. The smallest absolute Gasteiger partial charge is 0.200 e. The van der Waals surface area contributed by atoms with Crippen LogP contribution in [0.15, 0.2) is 18.2 Å². The number of hydrogen-bond acceptors (Lipinski definition) is 6. The molecule has 0 radical (unpaired) electrons. The largest absolute Gasteiger partial charge is 0.498 e. The average Bonchev–Trinajstić information content (AvgIpc) is 2.80. The van der Waals surface area contributed by atoms with Crippen LogP contribution >= 0.6 is 11.3 Å². The predicted molar refractivity (Wildman–Crippen MR) is 73.3 cm³/mol. The van der Waals surface area contributed by atoms with Gasteiger partial charge in [-0.1, -0.05) is 11.3 Å². The van der Waals surface area contributed by atoms with E-state index in [2.05, 4.69) is 4.98 Å². The number of aromatic nitrogens is 1. The molecule has 4 N–H and O–H groups in total. The van der Waals surface area contributed by atoms with Gasteiger partial charge in [0.25, 0.3) is 0 Å². The lowest BCUT2D eigenvalue weighted by atomic mass is 10.1. The van der Waals surface area contributed by atoms with E-state index in [1.807, 2.05) is 0 Å². The van der Waals surface area contributed by atoms with Gasteiger partial charge < -0.3 is 20.3 Å². The van der Waals surface area contributed by atoms with Crippen molar-refractivity contribution in [3.63, 3.8) is 0 Å². The standard InChI is InChI=1S/C12H13N3O3S/c1-17-7-4-3-6(5-8(7)18-2)9-12(16)19-11(15-9)10(13)14/h3-5,16H,1-2H3,(H3,13,14). The highest BCUT2D eigenvalue weighted by molar-refractivity contribution is 7.15. The first kappa shape index (κ1) is 13.2. The number of nitrogens with two attached hydrogens (primary N) is 1. The first-order valence-electron chi connectivity index (χ1n) is 5.33. The molecule has 0 saturated heterocycles. The summed E-state index contributed by atoms with van der Waals surface area (Å²) in [4.78, 5) is 4.13. The maximum atomic E-state index is 9.86. The van der Waals surface area contributed by atoms with Gasteiger partial charge in [-0.3, -0.25) is 5.41 Å². The van der Waals surface area contributed by atoms with Crippen molar-refractivity contribution in [1.82, 2.24) is 4.98 Å². The van der Waals surface area contributed by atoms with E-state index in [1.54, 1.807) is 25.3 Å². The van der Waals surface area contributed by atoms with Crippen LogP contribution in [0, 0.1) is 5.41 Å². The second-order valence-electron chi connectivity index (χ2n) is 3.66. The molecule has 0 unspecified atom stereocenters. The Labute approximate surface area is 113 Å². The molecule has 0 aliphatic carbocycles. The third-order valence-corrected chi connectivity index (χ3v) is 3.39. The molecule has 6 nitrogen and oxygen atoms in total. The van der Waals surface area contributed by atoms with Gasteiger partial charge in [0.1, 0.15) is 5.69 Å². The van der Waals surface area contributed by atoms with Gasteiger partial charge in [-0.2, -0.15) is 0 Å². The highest BCUT2D eigenvalue weighted by Crippen LogP contribution is 2.38. The number of hydrogen-bond donors (Lipinski definition) is 3. The Hall–Kier alpha value is -2.28. The summed E-state index contributed by atoms with van der Waals surface area (Å²) in [5.74, 6) is 0.955. The van der Waals surface area contributed by atoms with E-state index in [1.165, 1.54) is 7.11 Å². The van der Waals surface area contributed by atoms with E-state index >= 15 is 0 Å². The van der Waals surface area contributed by atoms with Crippen LogP contribution in [0.1, 0.15) is 5.01 Å². The lowest BCUT2D eigenvalue weighted by Gasteiger charge is -2.08.